The van der Waals surface area contributed by atoms with Crippen LogP contribution in [0.1, 0.15) is 44.6 Å². The van der Waals surface area contributed by atoms with Crippen LogP contribution in [0, 0.1) is 16.7 Å². The summed E-state index contributed by atoms with van der Waals surface area (Å²) in [6.07, 6.45) is 3.07. The first-order valence-corrected chi connectivity index (χ1v) is 6.36. The fourth-order valence-corrected chi connectivity index (χ4v) is 2.06. The van der Waals surface area contributed by atoms with Gasteiger partial charge in [0, 0.05) is 24.1 Å². The lowest BCUT2D eigenvalue weighted by atomic mass is 10.0. The molecule has 0 bridgehead atoms. The maximum Gasteiger partial charge on any atom is 0.0628 e. The zero-order valence-electron chi connectivity index (χ0n) is 10.7. The molecule has 90 valence electrons. The van der Waals surface area contributed by atoms with Crippen LogP contribution in [0.3, 0.4) is 0 Å². The molecule has 2 heteroatoms. The second-order valence-corrected chi connectivity index (χ2v) is 5.47. The molecule has 1 aromatic carbocycles. The van der Waals surface area contributed by atoms with E-state index in [4.69, 9.17) is 5.26 Å². The van der Waals surface area contributed by atoms with Crippen LogP contribution in [0.4, 0.5) is 5.69 Å². The van der Waals surface area contributed by atoms with Crippen molar-refractivity contribution in [1.29, 1.82) is 5.26 Å². The van der Waals surface area contributed by atoms with Gasteiger partial charge in [0.05, 0.1) is 6.07 Å². The van der Waals surface area contributed by atoms with Crippen molar-refractivity contribution in [3.05, 3.63) is 29.8 Å². The van der Waals surface area contributed by atoms with E-state index in [0.29, 0.717) is 12.3 Å². The van der Waals surface area contributed by atoms with Crippen molar-refractivity contribution in [3.8, 4) is 6.07 Å². The van der Waals surface area contributed by atoms with Crippen molar-refractivity contribution in [1.82, 2.24) is 0 Å². The highest BCUT2D eigenvalue weighted by atomic mass is 14.9. The first kappa shape index (κ1) is 12.0. The molecule has 0 amide bonds. The Balaban J connectivity index is 1.95. The lowest BCUT2D eigenvalue weighted by Crippen LogP contribution is -2.14. The van der Waals surface area contributed by atoms with Gasteiger partial charge in [-0.05, 0) is 36.5 Å². The average Bonchev–Trinajstić information content (AvgIpc) is 3.08. The molecule has 0 unspecified atom stereocenters. The summed E-state index contributed by atoms with van der Waals surface area (Å²) in [6, 6.07) is 10.9. The van der Waals surface area contributed by atoms with Crippen molar-refractivity contribution in [2.75, 3.05) is 11.9 Å². The highest BCUT2D eigenvalue weighted by Gasteiger charge is 2.42. The van der Waals surface area contributed by atoms with Gasteiger partial charge >= 0.3 is 0 Å². The summed E-state index contributed by atoms with van der Waals surface area (Å²) in [6.45, 7) is 5.34. The van der Waals surface area contributed by atoms with Gasteiger partial charge in [-0.25, -0.2) is 0 Å². The van der Waals surface area contributed by atoms with Crippen LogP contribution in [0.15, 0.2) is 24.3 Å². The third kappa shape index (κ3) is 3.00. The van der Waals surface area contributed by atoms with Gasteiger partial charge < -0.3 is 5.32 Å². The van der Waals surface area contributed by atoms with Gasteiger partial charge in [-0.1, -0.05) is 26.0 Å². The molecule has 1 aliphatic rings. The lowest BCUT2D eigenvalue weighted by Gasteiger charge is -2.15. The van der Waals surface area contributed by atoms with Crippen LogP contribution < -0.4 is 5.32 Å². The van der Waals surface area contributed by atoms with E-state index in [1.807, 2.05) is 0 Å². The normalized spacial score (nSPS) is 16.6. The van der Waals surface area contributed by atoms with Crippen molar-refractivity contribution in [2.24, 2.45) is 5.41 Å². The fraction of sp³-hybridized carbons (Fsp3) is 0.533. The van der Waals surface area contributed by atoms with E-state index in [2.05, 4.69) is 49.5 Å². The minimum Gasteiger partial charge on any atom is -0.384 e. The van der Waals surface area contributed by atoms with Crippen molar-refractivity contribution in [2.45, 2.75) is 39.0 Å². The summed E-state index contributed by atoms with van der Waals surface area (Å²) in [5.74, 6) is 0.561. The monoisotopic (exact) mass is 228 g/mol. The average molecular weight is 228 g/mol. The number of rotatable bonds is 5. The molecule has 1 saturated carbocycles. The molecular weight excluding hydrogens is 208 g/mol. The molecule has 0 saturated heterocycles. The lowest BCUT2D eigenvalue weighted by molar-refractivity contribution is 0.557. The molecule has 1 aromatic rings. The highest BCUT2D eigenvalue weighted by molar-refractivity contribution is 5.46. The van der Waals surface area contributed by atoms with Gasteiger partial charge in [-0.2, -0.15) is 5.26 Å². The van der Waals surface area contributed by atoms with Gasteiger partial charge in [0.2, 0.25) is 0 Å². The van der Waals surface area contributed by atoms with E-state index in [-0.39, 0.29) is 5.41 Å². The zero-order chi connectivity index (χ0) is 12.3. The van der Waals surface area contributed by atoms with Crippen molar-refractivity contribution < 1.29 is 0 Å². The predicted octanol–water partition coefficient (Wildman–Crippen LogP) is 3.92. The first-order chi connectivity index (χ1) is 8.15. The predicted molar refractivity (Wildman–Crippen MR) is 70.9 cm³/mol. The SMILES string of the molecule is CC(C)c1cccc(NCC2(CC#N)CC2)c1. The van der Waals surface area contributed by atoms with Crippen LogP contribution in [0.25, 0.3) is 0 Å². The Morgan fingerprint density at radius 1 is 1.41 bits per heavy atom. The van der Waals surface area contributed by atoms with Crippen LogP contribution >= 0.6 is 0 Å². The summed E-state index contributed by atoms with van der Waals surface area (Å²) in [5.41, 5.74) is 2.81. The molecule has 1 fully saturated rings. The van der Waals surface area contributed by atoms with Crippen LogP contribution in [-0.4, -0.2) is 6.54 Å². The Morgan fingerprint density at radius 3 is 2.76 bits per heavy atom. The molecule has 0 atom stereocenters. The van der Waals surface area contributed by atoms with Gasteiger partial charge in [-0.3, -0.25) is 0 Å². The van der Waals surface area contributed by atoms with E-state index in [0.717, 1.165) is 6.54 Å². The maximum absolute atomic E-state index is 8.78. The number of benzene rings is 1. The zero-order valence-corrected chi connectivity index (χ0v) is 10.7. The largest absolute Gasteiger partial charge is 0.384 e. The minimum atomic E-state index is 0.266. The molecule has 0 heterocycles. The second-order valence-electron chi connectivity index (χ2n) is 5.47. The maximum atomic E-state index is 8.78. The second kappa shape index (κ2) is 4.79. The Kier molecular flexibility index (Phi) is 3.38. The van der Waals surface area contributed by atoms with Gasteiger partial charge in [0.1, 0.15) is 0 Å². The summed E-state index contributed by atoms with van der Waals surface area (Å²) < 4.78 is 0. The van der Waals surface area contributed by atoms with E-state index in [9.17, 15) is 0 Å². The molecule has 0 aromatic heterocycles. The van der Waals surface area contributed by atoms with E-state index in [1.165, 1.54) is 24.1 Å². The van der Waals surface area contributed by atoms with Crippen LogP contribution in [0.2, 0.25) is 0 Å². The fourth-order valence-electron chi connectivity index (χ4n) is 2.06. The Hall–Kier alpha value is -1.49. The number of hydrogen-bond donors (Lipinski definition) is 1. The number of hydrogen-bond acceptors (Lipinski definition) is 2. The number of anilines is 1. The molecule has 2 nitrogen and oxygen atoms in total. The summed E-state index contributed by atoms with van der Waals surface area (Å²) in [4.78, 5) is 0. The summed E-state index contributed by atoms with van der Waals surface area (Å²) in [7, 11) is 0. The Morgan fingerprint density at radius 2 is 2.18 bits per heavy atom. The molecule has 1 N–H and O–H groups in total. The Bertz CT molecular complexity index is 425. The topological polar surface area (TPSA) is 35.8 Å². The van der Waals surface area contributed by atoms with Gasteiger partial charge in [-0.15, -0.1) is 0 Å². The number of nitrogens with one attached hydrogen (secondary N) is 1. The van der Waals surface area contributed by atoms with Crippen molar-refractivity contribution >= 4 is 5.69 Å². The molecule has 1 aliphatic carbocycles. The third-order valence-electron chi connectivity index (χ3n) is 3.63. The Labute approximate surface area is 104 Å². The van der Waals surface area contributed by atoms with Gasteiger partial charge in [0.25, 0.3) is 0 Å². The molecule has 0 radical (unpaired) electrons. The smallest absolute Gasteiger partial charge is 0.0628 e. The van der Waals surface area contributed by atoms with Crippen LogP contribution in [-0.2, 0) is 0 Å². The van der Waals surface area contributed by atoms with Crippen LogP contribution in [0.5, 0.6) is 0 Å². The van der Waals surface area contributed by atoms with Gasteiger partial charge in [0.15, 0.2) is 0 Å². The molecule has 0 spiro atoms. The minimum absolute atomic E-state index is 0.266. The molecular formula is C15H20N2. The van der Waals surface area contributed by atoms with Crippen molar-refractivity contribution in [3.63, 3.8) is 0 Å². The van der Waals surface area contributed by atoms with E-state index < -0.39 is 0 Å². The molecule has 2 rings (SSSR count). The third-order valence-corrected chi connectivity index (χ3v) is 3.63. The van der Waals surface area contributed by atoms with E-state index in [1.54, 1.807) is 0 Å². The highest BCUT2D eigenvalue weighted by Crippen LogP contribution is 2.48. The molecule has 17 heavy (non-hydrogen) atoms. The first-order valence-electron chi connectivity index (χ1n) is 6.36. The summed E-state index contributed by atoms with van der Waals surface area (Å²) >= 11 is 0. The molecule has 0 aliphatic heterocycles. The standard InChI is InChI=1S/C15H20N2/c1-12(2)13-4-3-5-14(10-13)17-11-15(6-7-15)8-9-16/h3-5,10,12,17H,6-8,11H2,1-2H3. The number of nitrogens with zero attached hydrogens (tertiary/aromatic N) is 1. The quantitative estimate of drug-likeness (QED) is 0.829. The van der Waals surface area contributed by atoms with E-state index >= 15 is 0 Å². The number of nitriles is 1. The summed E-state index contributed by atoms with van der Waals surface area (Å²) in [5, 5.41) is 12.3.